The molecule has 1 aromatic heterocycles. The maximum atomic E-state index is 12.2. The lowest BCUT2D eigenvalue weighted by molar-refractivity contribution is 0.0922. The van der Waals surface area contributed by atoms with Gasteiger partial charge in [-0.2, -0.15) is 4.31 Å². The Hall–Kier alpha value is -0.720. The van der Waals surface area contributed by atoms with Gasteiger partial charge >= 0.3 is 0 Å². The summed E-state index contributed by atoms with van der Waals surface area (Å²) in [4.78, 5) is 12.8. The van der Waals surface area contributed by atoms with Crippen LogP contribution in [0, 0.1) is 0 Å². The molecule has 1 atom stereocenters. The van der Waals surface area contributed by atoms with Crippen molar-refractivity contribution in [2.24, 2.45) is 0 Å². The first-order valence-corrected chi connectivity index (χ1v) is 8.12. The third kappa shape index (κ3) is 2.43. The minimum atomic E-state index is -3.27. The van der Waals surface area contributed by atoms with E-state index < -0.39 is 16.1 Å². The molecule has 0 radical (unpaired) electrons. The summed E-state index contributed by atoms with van der Waals surface area (Å²) in [6.07, 6.45) is 1.40. The highest BCUT2D eigenvalue weighted by molar-refractivity contribution is 7.89. The van der Waals surface area contributed by atoms with E-state index in [1.165, 1.54) is 15.6 Å². The molecule has 1 saturated heterocycles. The van der Waals surface area contributed by atoms with E-state index in [-0.39, 0.29) is 11.5 Å². The van der Waals surface area contributed by atoms with Crippen LogP contribution in [-0.4, -0.2) is 36.8 Å². The predicted octanol–water partition coefficient (Wildman–Crippen LogP) is 1.74. The topological polar surface area (TPSA) is 54.5 Å². The van der Waals surface area contributed by atoms with E-state index in [2.05, 4.69) is 0 Å². The molecule has 1 fully saturated rings. The van der Waals surface area contributed by atoms with Crippen LogP contribution in [0.4, 0.5) is 0 Å². The second kappa shape index (κ2) is 4.88. The molecule has 6 heteroatoms. The molecule has 4 nitrogen and oxygen atoms in total. The van der Waals surface area contributed by atoms with Crippen molar-refractivity contribution < 1.29 is 13.2 Å². The number of carbonyl (C=O) groups excluding carboxylic acids is 1. The zero-order valence-electron chi connectivity index (χ0n) is 9.63. The average Bonchev–Trinajstić information content (AvgIpc) is 2.99. The third-order valence-corrected chi connectivity index (χ3v) is 5.76. The maximum Gasteiger partial charge on any atom is 0.214 e. The van der Waals surface area contributed by atoms with Gasteiger partial charge in [0.2, 0.25) is 10.0 Å². The molecule has 1 aliphatic heterocycles. The minimum Gasteiger partial charge on any atom is -0.291 e. The highest BCUT2D eigenvalue weighted by atomic mass is 32.2. The van der Waals surface area contributed by atoms with Gasteiger partial charge in [0.05, 0.1) is 16.7 Å². The van der Waals surface area contributed by atoms with Gasteiger partial charge < -0.3 is 0 Å². The van der Waals surface area contributed by atoms with Gasteiger partial charge in [0.1, 0.15) is 0 Å². The van der Waals surface area contributed by atoms with Crippen molar-refractivity contribution in [1.82, 2.24) is 4.31 Å². The Morgan fingerprint density at radius 3 is 2.94 bits per heavy atom. The second-order valence-electron chi connectivity index (χ2n) is 4.01. The minimum absolute atomic E-state index is 0.0568. The number of hydrogen-bond donors (Lipinski definition) is 0. The SMILES string of the molecule is CCS(=O)(=O)N1CCCC1C(=O)c1cccs1. The summed E-state index contributed by atoms with van der Waals surface area (Å²) in [5.74, 6) is -0.00386. The first-order valence-electron chi connectivity index (χ1n) is 5.63. The highest BCUT2D eigenvalue weighted by Gasteiger charge is 2.38. The first-order chi connectivity index (χ1) is 8.06. The Kier molecular flexibility index (Phi) is 3.65. The number of ketones is 1. The zero-order valence-corrected chi connectivity index (χ0v) is 11.3. The normalized spacial score (nSPS) is 21.8. The van der Waals surface area contributed by atoms with Gasteiger partial charge in [0, 0.05) is 6.54 Å². The molecule has 2 heterocycles. The van der Waals surface area contributed by atoms with Crippen LogP contribution < -0.4 is 0 Å². The number of sulfonamides is 1. The van der Waals surface area contributed by atoms with Crippen LogP contribution in [0.1, 0.15) is 29.4 Å². The van der Waals surface area contributed by atoms with Crippen LogP contribution in [0.2, 0.25) is 0 Å². The average molecular weight is 273 g/mol. The fourth-order valence-corrected chi connectivity index (χ4v) is 4.12. The molecule has 1 aromatic rings. The van der Waals surface area contributed by atoms with Crippen LogP contribution >= 0.6 is 11.3 Å². The number of carbonyl (C=O) groups is 1. The van der Waals surface area contributed by atoms with E-state index in [4.69, 9.17) is 0 Å². The van der Waals surface area contributed by atoms with Crippen molar-refractivity contribution in [2.75, 3.05) is 12.3 Å². The molecule has 0 aliphatic carbocycles. The lowest BCUT2D eigenvalue weighted by atomic mass is 10.1. The van der Waals surface area contributed by atoms with Gasteiger partial charge in [0.25, 0.3) is 0 Å². The quantitative estimate of drug-likeness (QED) is 0.785. The van der Waals surface area contributed by atoms with Crippen LogP contribution in [0.15, 0.2) is 17.5 Å². The third-order valence-electron chi connectivity index (χ3n) is 2.99. The van der Waals surface area contributed by atoms with Crippen molar-refractivity contribution in [3.63, 3.8) is 0 Å². The van der Waals surface area contributed by atoms with Crippen LogP contribution in [0.25, 0.3) is 0 Å². The smallest absolute Gasteiger partial charge is 0.214 e. The molecule has 0 aromatic carbocycles. The summed E-state index contributed by atoms with van der Waals surface area (Å²) >= 11 is 1.37. The van der Waals surface area contributed by atoms with Gasteiger partial charge in [-0.25, -0.2) is 8.42 Å². The molecule has 17 heavy (non-hydrogen) atoms. The molecule has 0 N–H and O–H groups in total. The zero-order chi connectivity index (χ0) is 12.5. The molecule has 0 amide bonds. The van der Waals surface area contributed by atoms with Crippen LogP contribution in [0.5, 0.6) is 0 Å². The van der Waals surface area contributed by atoms with Crippen molar-refractivity contribution in [3.8, 4) is 0 Å². The fourth-order valence-electron chi connectivity index (χ4n) is 2.08. The highest BCUT2D eigenvalue weighted by Crippen LogP contribution is 2.25. The predicted molar refractivity (Wildman–Crippen MR) is 67.8 cm³/mol. The molecule has 0 bridgehead atoms. The summed E-state index contributed by atoms with van der Waals surface area (Å²) in [6, 6.07) is 3.08. The molecule has 0 saturated carbocycles. The molecule has 2 rings (SSSR count). The van der Waals surface area contributed by atoms with E-state index in [0.29, 0.717) is 17.8 Å². The largest absolute Gasteiger partial charge is 0.291 e. The van der Waals surface area contributed by atoms with Crippen LogP contribution in [-0.2, 0) is 10.0 Å². The van der Waals surface area contributed by atoms with E-state index in [9.17, 15) is 13.2 Å². The van der Waals surface area contributed by atoms with E-state index in [1.807, 2.05) is 11.4 Å². The number of nitrogens with zero attached hydrogens (tertiary/aromatic N) is 1. The molecule has 0 spiro atoms. The molecule has 94 valence electrons. The summed E-state index contributed by atoms with van der Waals surface area (Å²) in [5.41, 5.74) is 0. The summed E-state index contributed by atoms with van der Waals surface area (Å²) in [5, 5.41) is 1.83. The molecular formula is C11H15NO3S2. The summed E-state index contributed by atoms with van der Waals surface area (Å²) < 4.78 is 25.1. The standard InChI is InChI=1S/C11H15NO3S2/c1-2-17(14,15)12-7-3-5-9(12)11(13)10-6-4-8-16-10/h4,6,8-9H,2-3,5,7H2,1H3. The number of Topliss-reactive ketones (excluding diaryl/α,β-unsaturated/α-hetero) is 1. The fraction of sp³-hybridized carbons (Fsp3) is 0.545. The van der Waals surface area contributed by atoms with Crippen molar-refractivity contribution in [2.45, 2.75) is 25.8 Å². The van der Waals surface area contributed by atoms with Gasteiger partial charge in [-0.3, -0.25) is 4.79 Å². The van der Waals surface area contributed by atoms with Crippen molar-refractivity contribution in [1.29, 1.82) is 0 Å². The Morgan fingerprint density at radius 1 is 1.59 bits per heavy atom. The van der Waals surface area contributed by atoms with E-state index in [1.54, 1.807) is 13.0 Å². The van der Waals surface area contributed by atoms with Gasteiger partial charge in [-0.1, -0.05) is 6.07 Å². The number of thiophene rings is 1. The Balaban J connectivity index is 2.24. The number of hydrogen-bond acceptors (Lipinski definition) is 4. The van der Waals surface area contributed by atoms with Crippen molar-refractivity contribution >= 4 is 27.1 Å². The Bertz CT molecular complexity index is 493. The Morgan fingerprint density at radius 2 is 2.35 bits per heavy atom. The van der Waals surface area contributed by atoms with Crippen LogP contribution in [0.3, 0.4) is 0 Å². The molecule has 1 unspecified atom stereocenters. The van der Waals surface area contributed by atoms with Crippen molar-refractivity contribution in [3.05, 3.63) is 22.4 Å². The van der Waals surface area contributed by atoms with Gasteiger partial charge in [-0.05, 0) is 31.2 Å². The van der Waals surface area contributed by atoms with Gasteiger partial charge in [-0.15, -0.1) is 11.3 Å². The first kappa shape index (κ1) is 12.7. The Labute approximate surface area is 105 Å². The molecule has 1 aliphatic rings. The lowest BCUT2D eigenvalue weighted by Gasteiger charge is -2.21. The summed E-state index contributed by atoms with van der Waals surface area (Å²) in [6.45, 7) is 2.08. The van der Waals surface area contributed by atoms with E-state index >= 15 is 0 Å². The molecular weight excluding hydrogens is 258 g/mol. The monoisotopic (exact) mass is 273 g/mol. The van der Waals surface area contributed by atoms with E-state index in [0.717, 1.165) is 6.42 Å². The summed E-state index contributed by atoms with van der Waals surface area (Å²) in [7, 11) is -3.27. The lowest BCUT2D eigenvalue weighted by Crippen LogP contribution is -2.41. The second-order valence-corrected chi connectivity index (χ2v) is 7.17. The number of rotatable bonds is 4. The van der Waals surface area contributed by atoms with Gasteiger partial charge in [0.15, 0.2) is 5.78 Å². The maximum absolute atomic E-state index is 12.2.